The number of amides is 1. The number of nitrogens with one attached hydrogen (secondary N) is 2. The minimum absolute atomic E-state index is 0.279. The number of pyridine rings is 1. The fourth-order valence-corrected chi connectivity index (χ4v) is 5.95. The summed E-state index contributed by atoms with van der Waals surface area (Å²) in [6, 6.07) is 2.24. The van der Waals surface area contributed by atoms with Crippen molar-refractivity contribution in [3.63, 3.8) is 0 Å². The molecule has 0 aromatic carbocycles. The lowest BCUT2D eigenvalue weighted by Crippen LogP contribution is -2.59. The largest absolute Gasteiger partial charge is 0.390 e. The Balaban J connectivity index is 1.51. The molecule has 0 radical (unpaired) electrons. The van der Waals surface area contributed by atoms with Gasteiger partial charge in [0.1, 0.15) is 5.65 Å². The topological polar surface area (TPSA) is 93.6 Å². The number of nitrogens with zero attached hydrogens (tertiary/aromatic N) is 3. The number of rotatable bonds is 4. The standard InChI is InChI=1S/C21H27N5O2/c1-26(2)11-24-20(27)16-10-23-19-15(3-4-22-19)18(16)25-17-13-5-12-6-14(17)9-21(28,7-12)8-13/h3-4,10-14,17,28H,5-9H2,1-2H3,(H2,22,23,25)/b24-11-/t12?,13-,14+,17?,21?. The zero-order valence-corrected chi connectivity index (χ0v) is 16.4. The van der Waals surface area contributed by atoms with Crippen LogP contribution >= 0.6 is 0 Å². The molecule has 0 saturated heterocycles. The van der Waals surface area contributed by atoms with Crippen molar-refractivity contribution in [2.75, 3.05) is 19.4 Å². The summed E-state index contributed by atoms with van der Waals surface area (Å²) in [5, 5.41) is 15.5. The van der Waals surface area contributed by atoms with Gasteiger partial charge in [-0.1, -0.05) is 0 Å². The van der Waals surface area contributed by atoms with Gasteiger partial charge in [-0.3, -0.25) is 4.79 Å². The van der Waals surface area contributed by atoms with Gasteiger partial charge < -0.3 is 20.3 Å². The molecule has 1 amide bonds. The van der Waals surface area contributed by atoms with Crippen molar-refractivity contribution in [3.8, 4) is 0 Å². The van der Waals surface area contributed by atoms with Crippen molar-refractivity contribution in [2.24, 2.45) is 22.7 Å². The van der Waals surface area contributed by atoms with Gasteiger partial charge in [0.2, 0.25) is 0 Å². The summed E-state index contributed by atoms with van der Waals surface area (Å²) in [5.74, 6) is 1.25. The van der Waals surface area contributed by atoms with Crippen LogP contribution in [-0.2, 0) is 0 Å². The van der Waals surface area contributed by atoms with E-state index in [1.54, 1.807) is 11.1 Å². The fraction of sp³-hybridized carbons (Fsp3) is 0.571. The van der Waals surface area contributed by atoms with Crippen LogP contribution in [-0.4, -0.2) is 58.0 Å². The molecule has 4 aliphatic rings. The highest BCUT2D eigenvalue weighted by molar-refractivity contribution is 6.08. The molecule has 5 atom stereocenters. The maximum atomic E-state index is 12.8. The lowest BCUT2D eigenvalue weighted by atomic mass is 9.52. The molecule has 148 valence electrons. The van der Waals surface area contributed by atoms with Crippen molar-refractivity contribution >= 4 is 29.0 Å². The highest BCUT2D eigenvalue weighted by Crippen LogP contribution is 2.56. The van der Waals surface area contributed by atoms with Gasteiger partial charge >= 0.3 is 0 Å². The first-order valence-electron chi connectivity index (χ1n) is 10.1. The third kappa shape index (κ3) is 2.89. The Morgan fingerprint density at radius 2 is 2.11 bits per heavy atom. The third-order valence-electron chi connectivity index (χ3n) is 6.77. The molecule has 28 heavy (non-hydrogen) atoms. The Hall–Kier alpha value is -2.41. The number of carbonyl (C=O) groups excluding carboxylic acids is 1. The van der Waals surface area contributed by atoms with Crippen molar-refractivity contribution in [2.45, 2.75) is 43.7 Å². The zero-order chi connectivity index (χ0) is 19.5. The van der Waals surface area contributed by atoms with Crippen molar-refractivity contribution in [1.82, 2.24) is 14.9 Å². The van der Waals surface area contributed by atoms with Crippen molar-refractivity contribution < 1.29 is 9.90 Å². The molecule has 0 aliphatic heterocycles. The average Bonchev–Trinajstić information content (AvgIpc) is 3.10. The summed E-state index contributed by atoms with van der Waals surface area (Å²) in [6.45, 7) is 0. The molecule has 4 aliphatic carbocycles. The smallest absolute Gasteiger partial charge is 0.282 e. The van der Waals surface area contributed by atoms with Crippen LogP contribution < -0.4 is 5.32 Å². The van der Waals surface area contributed by atoms with Gasteiger partial charge in [-0.05, 0) is 55.9 Å². The molecule has 3 N–H and O–H groups in total. The van der Waals surface area contributed by atoms with Crippen LogP contribution in [0.25, 0.3) is 11.0 Å². The minimum Gasteiger partial charge on any atom is -0.390 e. The van der Waals surface area contributed by atoms with E-state index >= 15 is 0 Å². The number of hydrogen-bond acceptors (Lipinski definition) is 4. The van der Waals surface area contributed by atoms with E-state index in [1.807, 2.05) is 26.4 Å². The molecule has 4 bridgehead atoms. The normalized spacial score (nSPS) is 33.7. The highest BCUT2D eigenvalue weighted by Gasteiger charge is 2.54. The first-order chi connectivity index (χ1) is 13.4. The van der Waals surface area contributed by atoms with Crippen LogP contribution in [0.15, 0.2) is 23.5 Å². The summed E-state index contributed by atoms with van der Waals surface area (Å²) in [7, 11) is 3.67. The first-order valence-corrected chi connectivity index (χ1v) is 10.1. The number of aliphatic hydroxyl groups is 1. The van der Waals surface area contributed by atoms with Crippen LogP contribution in [0, 0.1) is 17.8 Å². The van der Waals surface area contributed by atoms with Gasteiger partial charge in [0.25, 0.3) is 5.91 Å². The Labute approximate surface area is 164 Å². The molecule has 2 heterocycles. The SMILES string of the molecule is CN(C)/C=N\C(=O)c1cnc2[nH]ccc2c1NC1[C@@H]2CC3C[C@H]1CC(O)(C3)C2. The van der Waals surface area contributed by atoms with Crippen LogP contribution in [0.3, 0.4) is 0 Å². The lowest BCUT2D eigenvalue weighted by molar-refractivity contribution is -0.129. The Morgan fingerprint density at radius 1 is 1.36 bits per heavy atom. The molecule has 2 aromatic heterocycles. The lowest BCUT2D eigenvalue weighted by Gasteiger charge is -2.58. The Morgan fingerprint density at radius 3 is 2.79 bits per heavy atom. The maximum absolute atomic E-state index is 12.8. The van der Waals surface area contributed by atoms with Gasteiger partial charge in [-0.2, -0.15) is 4.99 Å². The molecular weight excluding hydrogens is 354 g/mol. The van der Waals surface area contributed by atoms with E-state index in [0.717, 1.165) is 36.0 Å². The number of carbonyl (C=O) groups is 1. The van der Waals surface area contributed by atoms with Gasteiger partial charge in [-0.15, -0.1) is 0 Å². The average molecular weight is 381 g/mol. The zero-order valence-electron chi connectivity index (χ0n) is 16.4. The van der Waals surface area contributed by atoms with E-state index < -0.39 is 5.60 Å². The summed E-state index contributed by atoms with van der Waals surface area (Å²) in [5.41, 5.74) is 1.61. The van der Waals surface area contributed by atoms with Crippen LogP contribution in [0.2, 0.25) is 0 Å². The second kappa shape index (κ2) is 6.30. The van der Waals surface area contributed by atoms with Crippen LogP contribution in [0.5, 0.6) is 0 Å². The molecule has 0 spiro atoms. The Bertz CT molecular complexity index is 933. The second-order valence-corrected chi connectivity index (χ2v) is 9.16. The number of aromatic amines is 1. The number of anilines is 1. The fourth-order valence-electron chi connectivity index (χ4n) is 5.95. The first kappa shape index (κ1) is 17.7. The molecule has 3 unspecified atom stereocenters. The highest BCUT2D eigenvalue weighted by atomic mass is 16.3. The minimum atomic E-state index is -0.467. The summed E-state index contributed by atoms with van der Waals surface area (Å²) >= 11 is 0. The predicted molar refractivity (Wildman–Crippen MR) is 109 cm³/mol. The van der Waals surface area contributed by atoms with E-state index in [1.165, 1.54) is 19.2 Å². The predicted octanol–water partition coefficient (Wildman–Crippen LogP) is 2.64. The molecular formula is C21H27N5O2. The number of aliphatic imine (C=N–C) groups is 1. The van der Waals surface area contributed by atoms with Gasteiger partial charge in [0, 0.05) is 37.9 Å². The second-order valence-electron chi connectivity index (χ2n) is 9.16. The molecule has 7 heteroatoms. The van der Waals surface area contributed by atoms with Gasteiger partial charge in [0.05, 0.1) is 23.2 Å². The Kier molecular flexibility index (Phi) is 3.98. The molecule has 4 fully saturated rings. The maximum Gasteiger partial charge on any atom is 0.282 e. The summed E-state index contributed by atoms with van der Waals surface area (Å²) < 4.78 is 0. The van der Waals surface area contributed by atoms with E-state index in [0.29, 0.717) is 23.3 Å². The monoisotopic (exact) mass is 381 g/mol. The number of hydrogen-bond donors (Lipinski definition) is 3. The van der Waals surface area contributed by atoms with Gasteiger partial charge in [-0.25, -0.2) is 4.98 Å². The van der Waals surface area contributed by atoms with Crippen molar-refractivity contribution in [1.29, 1.82) is 0 Å². The van der Waals surface area contributed by atoms with Crippen LogP contribution in [0.1, 0.15) is 42.5 Å². The van der Waals surface area contributed by atoms with E-state index in [-0.39, 0.29) is 11.9 Å². The quantitative estimate of drug-likeness (QED) is 0.559. The van der Waals surface area contributed by atoms with Crippen LogP contribution in [0.4, 0.5) is 5.69 Å². The summed E-state index contributed by atoms with van der Waals surface area (Å²) in [6.07, 6.45) is 10.0. The van der Waals surface area contributed by atoms with E-state index in [9.17, 15) is 9.90 Å². The van der Waals surface area contributed by atoms with Gasteiger partial charge in [0.15, 0.2) is 0 Å². The number of aromatic nitrogens is 2. The van der Waals surface area contributed by atoms with Crippen molar-refractivity contribution in [3.05, 3.63) is 24.0 Å². The molecule has 7 nitrogen and oxygen atoms in total. The molecule has 4 saturated carbocycles. The number of fused-ring (bicyclic) bond motifs is 1. The van der Waals surface area contributed by atoms with E-state index in [4.69, 9.17) is 0 Å². The molecule has 6 rings (SSSR count). The van der Waals surface area contributed by atoms with E-state index in [2.05, 4.69) is 20.3 Å². The molecule has 2 aromatic rings. The third-order valence-corrected chi connectivity index (χ3v) is 6.77. The summed E-state index contributed by atoms with van der Waals surface area (Å²) in [4.78, 5) is 26.1. The number of H-pyrrole nitrogens is 1.